The van der Waals surface area contributed by atoms with Crippen molar-refractivity contribution in [2.24, 2.45) is 5.16 Å². The number of rotatable bonds is 2. The molecule has 0 bridgehead atoms. The summed E-state index contributed by atoms with van der Waals surface area (Å²) >= 11 is 1.62. The largest absolute Gasteiger partial charge is 0.399 e. The molecule has 4 heteroatoms. The van der Waals surface area contributed by atoms with Crippen LogP contribution in [0.3, 0.4) is 0 Å². The molecule has 2 rings (SSSR count). The van der Waals surface area contributed by atoms with E-state index in [0.29, 0.717) is 0 Å². The second-order valence-corrected chi connectivity index (χ2v) is 3.88. The summed E-state index contributed by atoms with van der Waals surface area (Å²) in [7, 11) is 1.54. The molecule has 0 aliphatic heterocycles. The topological polar surface area (TPSA) is 34.5 Å². The number of thiazole rings is 1. The van der Waals surface area contributed by atoms with Crippen LogP contribution in [0.25, 0.3) is 10.2 Å². The van der Waals surface area contributed by atoms with E-state index in [9.17, 15) is 0 Å². The van der Waals surface area contributed by atoms with Crippen molar-refractivity contribution in [3.63, 3.8) is 0 Å². The summed E-state index contributed by atoms with van der Waals surface area (Å²) in [5.41, 5.74) is 1.83. The number of nitrogens with zero attached hydrogens (tertiary/aromatic N) is 2. The lowest BCUT2D eigenvalue weighted by atomic mass is 10.3. The third kappa shape index (κ3) is 1.61. The average molecular weight is 206 g/mol. The number of para-hydroxylation sites is 1. The van der Waals surface area contributed by atoms with E-state index >= 15 is 0 Å². The van der Waals surface area contributed by atoms with Crippen molar-refractivity contribution in [2.75, 3.05) is 7.11 Å². The van der Waals surface area contributed by atoms with E-state index in [4.69, 9.17) is 4.84 Å². The molecule has 0 fully saturated rings. The van der Waals surface area contributed by atoms with Crippen molar-refractivity contribution in [3.8, 4) is 0 Å². The van der Waals surface area contributed by atoms with Crippen LogP contribution in [0.2, 0.25) is 0 Å². The fourth-order valence-corrected chi connectivity index (χ4v) is 2.11. The van der Waals surface area contributed by atoms with Gasteiger partial charge in [-0.3, -0.25) is 0 Å². The molecule has 0 aliphatic carbocycles. The van der Waals surface area contributed by atoms with Crippen molar-refractivity contribution in [1.29, 1.82) is 0 Å². The maximum absolute atomic E-state index is 4.71. The molecular formula is C10H10N2OS. The minimum atomic E-state index is 0.814. The molecular weight excluding hydrogens is 196 g/mol. The van der Waals surface area contributed by atoms with Crippen LogP contribution in [-0.4, -0.2) is 17.8 Å². The standard InChI is InChI=1S/C10H10N2OS/c1-7(12-13-2)10-11-8-5-3-4-6-9(8)14-10/h3-6H,1-2H3. The Hall–Kier alpha value is -1.42. The Morgan fingerprint density at radius 1 is 1.43 bits per heavy atom. The molecule has 0 unspecified atom stereocenters. The second kappa shape index (κ2) is 3.75. The predicted octanol–water partition coefficient (Wildman–Crippen LogP) is 2.67. The van der Waals surface area contributed by atoms with Crippen molar-refractivity contribution in [2.45, 2.75) is 6.92 Å². The number of hydrogen-bond acceptors (Lipinski definition) is 4. The zero-order valence-corrected chi connectivity index (χ0v) is 8.84. The van der Waals surface area contributed by atoms with E-state index in [2.05, 4.69) is 16.2 Å². The first-order valence-electron chi connectivity index (χ1n) is 4.25. The van der Waals surface area contributed by atoms with Gasteiger partial charge in [-0.1, -0.05) is 17.3 Å². The quantitative estimate of drug-likeness (QED) is 0.559. The summed E-state index contributed by atoms with van der Waals surface area (Å²) in [5.74, 6) is 0. The Bertz CT molecular complexity index is 443. The summed E-state index contributed by atoms with van der Waals surface area (Å²) in [4.78, 5) is 9.15. The summed E-state index contributed by atoms with van der Waals surface area (Å²) < 4.78 is 1.17. The number of oxime groups is 1. The molecule has 0 saturated heterocycles. The van der Waals surface area contributed by atoms with Crippen LogP contribution in [0.15, 0.2) is 29.4 Å². The van der Waals surface area contributed by atoms with Crippen molar-refractivity contribution < 1.29 is 4.84 Å². The Morgan fingerprint density at radius 2 is 2.21 bits per heavy atom. The second-order valence-electron chi connectivity index (χ2n) is 2.85. The molecule has 0 N–H and O–H groups in total. The first-order valence-corrected chi connectivity index (χ1v) is 5.06. The summed E-state index contributed by atoms with van der Waals surface area (Å²) in [6.07, 6.45) is 0. The Kier molecular flexibility index (Phi) is 2.45. The highest BCUT2D eigenvalue weighted by molar-refractivity contribution is 7.20. The van der Waals surface area contributed by atoms with Gasteiger partial charge in [0.15, 0.2) is 0 Å². The van der Waals surface area contributed by atoms with Gasteiger partial charge >= 0.3 is 0 Å². The number of aromatic nitrogens is 1. The molecule has 14 heavy (non-hydrogen) atoms. The van der Waals surface area contributed by atoms with Gasteiger partial charge in [-0.2, -0.15) is 0 Å². The fraction of sp³-hybridized carbons (Fsp3) is 0.200. The molecule has 0 amide bonds. The number of fused-ring (bicyclic) bond motifs is 1. The summed E-state index contributed by atoms with van der Waals surface area (Å²) in [5, 5.41) is 4.76. The van der Waals surface area contributed by atoms with Crippen LogP contribution in [0, 0.1) is 0 Å². The number of hydrogen-bond donors (Lipinski definition) is 0. The Labute approximate surface area is 86.0 Å². The highest BCUT2D eigenvalue weighted by atomic mass is 32.1. The van der Waals surface area contributed by atoms with E-state index in [1.165, 1.54) is 11.8 Å². The van der Waals surface area contributed by atoms with Gasteiger partial charge in [-0.25, -0.2) is 4.98 Å². The van der Waals surface area contributed by atoms with E-state index in [-0.39, 0.29) is 0 Å². The first-order chi connectivity index (χ1) is 6.81. The zero-order chi connectivity index (χ0) is 9.97. The van der Waals surface area contributed by atoms with Crippen LogP contribution < -0.4 is 0 Å². The molecule has 0 spiro atoms. The fourth-order valence-electron chi connectivity index (χ4n) is 1.20. The van der Waals surface area contributed by atoms with Crippen LogP contribution in [0.5, 0.6) is 0 Å². The van der Waals surface area contributed by atoms with Gasteiger partial charge in [-0.05, 0) is 19.1 Å². The lowest BCUT2D eigenvalue weighted by molar-refractivity contribution is 0.213. The molecule has 72 valence electrons. The minimum absolute atomic E-state index is 0.814. The lowest BCUT2D eigenvalue weighted by Crippen LogP contribution is -1.93. The molecule has 0 saturated carbocycles. The molecule has 0 radical (unpaired) electrons. The van der Waals surface area contributed by atoms with Crippen molar-refractivity contribution >= 4 is 27.3 Å². The van der Waals surface area contributed by atoms with Crippen LogP contribution in [0.1, 0.15) is 11.9 Å². The normalized spacial score (nSPS) is 12.0. The number of benzene rings is 1. The van der Waals surface area contributed by atoms with Gasteiger partial charge in [0.05, 0.1) is 10.2 Å². The van der Waals surface area contributed by atoms with Gasteiger partial charge in [0.2, 0.25) is 0 Å². The minimum Gasteiger partial charge on any atom is -0.399 e. The molecule has 0 aliphatic rings. The van der Waals surface area contributed by atoms with E-state index in [1.54, 1.807) is 11.3 Å². The average Bonchev–Trinajstić information content (AvgIpc) is 2.61. The third-order valence-electron chi connectivity index (χ3n) is 1.83. The highest BCUT2D eigenvalue weighted by Crippen LogP contribution is 2.21. The smallest absolute Gasteiger partial charge is 0.142 e. The van der Waals surface area contributed by atoms with E-state index in [1.807, 2.05) is 25.1 Å². The summed E-state index contributed by atoms with van der Waals surface area (Å²) in [6.45, 7) is 1.89. The van der Waals surface area contributed by atoms with E-state index < -0.39 is 0 Å². The zero-order valence-electron chi connectivity index (χ0n) is 8.02. The maximum Gasteiger partial charge on any atom is 0.142 e. The van der Waals surface area contributed by atoms with Crippen LogP contribution >= 0.6 is 11.3 Å². The van der Waals surface area contributed by atoms with Crippen molar-refractivity contribution in [1.82, 2.24) is 4.98 Å². The monoisotopic (exact) mass is 206 g/mol. The molecule has 2 aromatic rings. The SMILES string of the molecule is CON=C(C)c1nc2ccccc2s1. The van der Waals surface area contributed by atoms with Crippen LogP contribution in [-0.2, 0) is 4.84 Å². The van der Waals surface area contributed by atoms with Gasteiger partial charge in [0.25, 0.3) is 0 Å². The molecule has 3 nitrogen and oxygen atoms in total. The lowest BCUT2D eigenvalue weighted by Gasteiger charge is -1.91. The third-order valence-corrected chi connectivity index (χ3v) is 2.98. The van der Waals surface area contributed by atoms with Crippen LogP contribution in [0.4, 0.5) is 0 Å². The van der Waals surface area contributed by atoms with Crippen molar-refractivity contribution in [3.05, 3.63) is 29.3 Å². The van der Waals surface area contributed by atoms with Gasteiger partial charge in [0, 0.05) is 0 Å². The highest BCUT2D eigenvalue weighted by Gasteiger charge is 2.05. The Balaban J connectivity index is 2.50. The maximum atomic E-state index is 4.71. The van der Waals surface area contributed by atoms with Gasteiger partial charge in [-0.15, -0.1) is 11.3 Å². The molecule has 0 atom stereocenters. The van der Waals surface area contributed by atoms with Gasteiger partial charge in [0.1, 0.15) is 17.8 Å². The predicted molar refractivity (Wildman–Crippen MR) is 58.8 cm³/mol. The molecule has 1 aromatic carbocycles. The molecule has 1 aromatic heterocycles. The molecule has 1 heterocycles. The van der Waals surface area contributed by atoms with Gasteiger partial charge < -0.3 is 4.84 Å². The first kappa shape index (κ1) is 9.15. The summed E-state index contributed by atoms with van der Waals surface area (Å²) in [6, 6.07) is 8.04. The van der Waals surface area contributed by atoms with E-state index in [0.717, 1.165) is 16.2 Å². The Morgan fingerprint density at radius 3 is 2.93 bits per heavy atom.